The number of rotatable bonds is 5. The molecule has 1 amide bonds. The maximum atomic E-state index is 11.6. The van der Waals surface area contributed by atoms with Crippen molar-refractivity contribution in [1.29, 1.82) is 0 Å². The predicted molar refractivity (Wildman–Crippen MR) is 66.8 cm³/mol. The fourth-order valence-electron chi connectivity index (χ4n) is 1.65. The van der Waals surface area contributed by atoms with E-state index >= 15 is 0 Å². The Bertz CT molecular complexity index is 194. The van der Waals surface area contributed by atoms with Crippen molar-refractivity contribution in [2.45, 2.75) is 38.6 Å². The van der Waals surface area contributed by atoms with Crippen LogP contribution in [0.4, 0.5) is 0 Å². The number of carbonyl (C=O) groups excluding carboxylic acids is 1. The van der Waals surface area contributed by atoms with Crippen LogP contribution in [-0.4, -0.2) is 43.2 Å². The first-order chi connectivity index (χ1) is 7.24. The zero-order valence-corrected chi connectivity index (χ0v) is 10.8. The quantitative estimate of drug-likeness (QED) is 0.746. The van der Waals surface area contributed by atoms with Crippen LogP contribution in [-0.2, 0) is 9.53 Å². The second kappa shape index (κ2) is 8.79. The highest BCUT2D eigenvalue weighted by Gasteiger charge is 2.20. The highest BCUT2D eigenvalue weighted by molar-refractivity contribution is 5.85. The van der Waals surface area contributed by atoms with Crippen molar-refractivity contribution in [1.82, 2.24) is 4.90 Å². The Morgan fingerprint density at radius 1 is 1.44 bits per heavy atom. The smallest absolute Gasteiger partial charge is 0.248 e. The third-order valence-corrected chi connectivity index (χ3v) is 2.76. The molecule has 1 rings (SSSR count). The summed E-state index contributed by atoms with van der Waals surface area (Å²) >= 11 is 0. The van der Waals surface area contributed by atoms with Crippen LogP contribution < -0.4 is 5.73 Å². The highest BCUT2D eigenvalue weighted by atomic mass is 35.5. The molecular weight excluding hydrogens is 228 g/mol. The molecule has 0 aromatic heterocycles. The van der Waals surface area contributed by atoms with Gasteiger partial charge in [-0.15, -0.1) is 12.4 Å². The van der Waals surface area contributed by atoms with E-state index in [-0.39, 0.29) is 31.0 Å². The summed E-state index contributed by atoms with van der Waals surface area (Å²) in [5, 5.41) is 0. The summed E-state index contributed by atoms with van der Waals surface area (Å²) in [5.41, 5.74) is 5.77. The van der Waals surface area contributed by atoms with Crippen molar-refractivity contribution < 1.29 is 9.53 Å². The molecule has 1 saturated heterocycles. The summed E-state index contributed by atoms with van der Waals surface area (Å²) in [7, 11) is 0. The number of nitrogens with two attached hydrogens (primary N) is 1. The molecule has 1 heterocycles. The Labute approximate surface area is 104 Å². The van der Waals surface area contributed by atoms with Crippen molar-refractivity contribution >= 4 is 18.3 Å². The number of nitrogens with zero attached hydrogens (tertiary/aromatic N) is 1. The average molecular weight is 251 g/mol. The minimum Gasteiger partial charge on any atom is -0.372 e. The van der Waals surface area contributed by atoms with E-state index in [1.54, 1.807) is 0 Å². The van der Waals surface area contributed by atoms with E-state index in [0.29, 0.717) is 6.61 Å². The lowest BCUT2D eigenvalue weighted by Crippen LogP contribution is -2.44. The Morgan fingerprint density at radius 3 is 2.62 bits per heavy atom. The molecule has 16 heavy (non-hydrogen) atoms. The minimum atomic E-state index is 0. The van der Waals surface area contributed by atoms with E-state index in [9.17, 15) is 4.79 Å². The van der Waals surface area contributed by atoms with Gasteiger partial charge in [-0.1, -0.05) is 13.3 Å². The lowest BCUT2D eigenvalue weighted by atomic mass is 10.1. The van der Waals surface area contributed by atoms with Gasteiger partial charge in [-0.3, -0.25) is 4.79 Å². The first-order valence-electron chi connectivity index (χ1n) is 5.85. The summed E-state index contributed by atoms with van der Waals surface area (Å²) in [6.45, 7) is 4.61. The van der Waals surface area contributed by atoms with Crippen molar-refractivity contribution in [3.05, 3.63) is 0 Å². The van der Waals surface area contributed by atoms with Crippen molar-refractivity contribution in [3.63, 3.8) is 0 Å². The summed E-state index contributed by atoms with van der Waals surface area (Å²) in [5.74, 6) is 0.109. The lowest BCUT2D eigenvalue weighted by molar-refractivity contribution is -0.137. The normalized spacial score (nSPS) is 17.0. The van der Waals surface area contributed by atoms with Crippen molar-refractivity contribution in [3.8, 4) is 0 Å². The molecule has 96 valence electrons. The van der Waals surface area contributed by atoms with Crippen LogP contribution in [0.1, 0.15) is 32.6 Å². The monoisotopic (exact) mass is 250 g/mol. The summed E-state index contributed by atoms with van der Waals surface area (Å²) in [6, 6.07) is 0.273. The minimum absolute atomic E-state index is 0. The second-order valence-electron chi connectivity index (χ2n) is 4.12. The van der Waals surface area contributed by atoms with Crippen LogP contribution in [0, 0.1) is 0 Å². The van der Waals surface area contributed by atoms with E-state index < -0.39 is 0 Å². The first kappa shape index (κ1) is 15.7. The molecule has 1 aliphatic heterocycles. The molecule has 1 fully saturated rings. The molecule has 4 nitrogen and oxygen atoms in total. The van der Waals surface area contributed by atoms with Gasteiger partial charge < -0.3 is 15.4 Å². The van der Waals surface area contributed by atoms with E-state index in [1.807, 2.05) is 4.90 Å². The third-order valence-electron chi connectivity index (χ3n) is 2.76. The number of piperidine rings is 1. The molecule has 0 unspecified atom stereocenters. The maximum Gasteiger partial charge on any atom is 0.248 e. The topological polar surface area (TPSA) is 55.6 Å². The van der Waals surface area contributed by atoms with E-state index in [2.05, 4.69) is 6.92 Å². The molecule has 0 aliphatic carbocycles. The van der Waals surface area contributed by atoms with E-state index in [1.165, 1.54) is 0 Å². The van der Waals surface area contributed by atoms with Gasteiger partial charge in [0.05, 0.1) is 0 Å². The van der Waals surface area contributed by atoms with Crippen LogP contribution in [0.15, 0.2) is 0 Å². The number of amides is 1. The van der Waals surface area contributed by atoms with Gasteiger partial charge in [-0.25, -0.2) is 0 Å². The fourth-order valence-corrected chi connectivity index (χ4v) is 1.65. The molecule has 0 bridgehead atoms. The average Bonchev–Trinajstić information content (AvgIpc) is 2.25. The number of carbonyl (C=O) groups is 1. The third kappa shape index (κ3) is 5.68. The Morgan fingerprint density at radius 2 is 2.06 bits per heavy atom. The van der Waals surface area contributed by atoms with E-state index in [0.717, 1.165) is 38.8 Å². The number of hydrogen-bond donors (Lipinski definition) is 1. The zero-order valence-electron chi connectivity index (χ0n) is 9.98. The van der Waals surface area contributed by atoms with Crippen LogP contribution >= 0.6 is 12.4 Å². The standard InChI is InChI=1S/C11H22N2O2.ClH/c1-2-3-8-15-9-11(14)13-6-4-10(12)5-7-13;/h10H,2-9,12H2,1H3;1H. The predicted octanol–water partition coefficient (Wildman–Crippen LogP) is 1.17. The van der Waals surface area contributed by atoms with E-state index in [4.69, 9.17) is 10.5 Å². The molecule has 0 radical (unpaired) electrons. The van der Waals surface area contributed by atoms with Crippen LogP contribution in [0.5, 0.6) is 0 Å². The number of likely N-dealkylation sites (tertiary alicyclic amines) is 1. The highest BCUT2D eigenvalue weighted by Crippen LogP contribution is 2.08. The van der Waals surface area contributed by atoms with Crippen LogP contribution in [0.3, 0.4) is 0 Å². The lowest BCUT2D eigenvalue weighted by Gasteiger charge is -2.30. The molecule has 0 atom stereocenters. The van der Waals surface area contributed by atoms with Crippen LogP contribution in [0.25, 0.3) is 0 Å². The molecular formula is C11H23ClN2O2. The zero-order chi connectivity index (χ0) is 11.1. The second-order valence-corrected chi connectivity index (χ2v) is 4.12. The summed E-state index contributed by atoms with van der Waals surface area (Å²) in [4.78, 5) is 13.5. The molecule has 2 N–H and O–H groups in total. The first-order valence-corrected chi connectivity index (χ1v) is 5.85. The number of halogens is 1. The fraction of sp³-hybridized carbons (Fsp3) is 0.909. The molecule has 5 heteroatoms. The van der Waals surface area contributed by atoms with Gasteiger partial charge in [-0.2, -0.15) is 0 Å². The summed E-state index contributed by atoms with van der Waals surface area (Å²) in [6.07, 6.45) is 3.96. The largest absolute Gasteiger partial charge is 0.372 e. The molecule has 0 aromatic rings. The Balaban J connectivity index is 0.00000225. The van der Waals surface area contributed by atoms with Gasteiger partial charge in [0.1, 0.15) is 6.61 Å². The number of ether oxygens (including phenoxy) is 1. The summed E-state index contributed by atoms with van der Waals surface area (Å²) < 4.78 is 5.29. The SMILES string of the molecule is CCCCOCC(=O)N1CCC(N)CC1.Cl. The number of unbranched alkanes of at least 4 members (excludes halogenated alkanes) is 1. The Hall–Kier alpha value is -0.320. The van der Waals surface area contributed by atoms with Gasteiger partial charge >= 0.3 is 0 Å². The van der Waals surface area contributed by atoms with Gasteiger partial charge in [0.25, 0.3) is 0 Å². The molecule has 0 saturated carbocycles. The van der Waals surface area contributed by atoms with Gasteiger partial charge in [0.2, 0.25) is 5.91 Å². The molecule has 0 aromatic carbocycles. The van der Waals surface area contributed by atoms with Crippen LogP contribution in [0.2, 0.25) is 0 Å². The van der Waals surface area contributed by atoms with Gasteiger partial charge in [-0.05, 0) is 19.3 Å². The molecule has 1 aliphatic rings. The Kier molecular flexibility index (Phi) is 8.61. The number of hydrogen-bond acceptors (Lipinski definition) is 3. The van der Waals surface area contributed by atoms with Crippen molar-refractivity contribution in [2.75, 3.05) is 26.3 Å². The van der Waals surface area contributed by atoms with Gasteiger partial charge in [0.15, 0.2) is 0 Å². The molecule has 0 spiro atoms. The van der Waals surface area contributed by atoms with Crippen molar-refractivity contribution in [2.24, 2.45) is 5.73 Å². The van der Waals surface area contributed by atoms with Gasteiger partial charge in [0, 0.05) is 25.7 Å². The maximum absolute atomic E-state index is 11.6.